The van der Waals surface area contributed by atoms with Gasteiger partial charge >= 0.3 is 0 Å². The lowest BCUT2D eigenvalue weighted by Crippen LogP contribution is -2.50. The predicted octanol–water partition coefficient (Wildman–Crippen LogP) is 3.73. The van der Waals surface area contributed by atoms with E-state index < -0.39 is 6.04 Å². The SMILES string of the molecule is CC(C)[C@H](NC(=O)c1ccccc1Cl)C(=O)NC1CCOc2ccccc21. The number of hydrogen-bond donors (Lipinski definition) is 2. The van der Waals surface area contributed by atoms with Crippen LogP contribution in [0.25, 0.3) is 0 Å². The maximum Gasteiger partial charge on any atom is 0.253 e. The number of hydrogen-bond acceptors (Lipinski definition) is 3. The van der Waals surface area contributed by atoms with Crippen LogP contribution in [0.3, 0.4) is 0 Å². The molecular weight excluding hydrogens is 364 g/mol. The van der Waals surface area contributed by atoms with Gasteiger partial charge in [0.25, 0.3) is 5.91 Å². The third-order valence-electron chi connectivity index (χ3n) is 4.63. The number of ether oxygens (including phenoxy) is 1. The second kappa shape index (κ2) is 8.44. The van der Waals surface area contributed by atoms with Gasteiger partial charge in [0.2, 0.25) is 5.91 Å². The van der Waals surface area contributed by atoms with Crippen molar-refractivity contribution in [3.8, 4) is 5.75 Å². The molecule has 0 spiro atoms. The smallest absolute Gasteiger partial charge is 0.253 e. The fraction of sp³-hybridized carbons (Fsp3) is 0.333. The van der Waals surface area contributed by atoms with Crippen LogP contribution in [0.1, 0.15) is 42.2 Å². The molecule has 2 atom stereocenters. The van der Waals surface area contributed by atoms with Crippen molar-refractivity contribution in [3.05, 3.63) is 64.7 Å². The van der Waals surface area contributed by atoms with Crippen molar-refractivity contribution < 1.29 is 14.3 Å². The Morgan fingerprint density at radius 2 is 1.81 bits per heavy atom. The van der Waals surface area contributed by atoms with E-state index in [-0.39, 0.29) is 23.8 Å². The minimum absolute atomic E-state index is 0.0773. The summed E-state index contributed by atoms with van der Waals surface area (Å²) in [7, 11) is 0. The Bertz CT molecular complexity index is 838. The number of nitrogens with one attached hydrogen (secondary N) is 2. The maximum atomic E-state index is 12.9. The van der Waals surface area contributed by atoms with Gasteiger partial charge in [0.1, 0.15) is 11.8 Å². The van der Waals surface area contributed by atoms with Crippen LogP contribution in [0.15, 0.2) is 48.5 Å². The fourth-order valence-electron chi connectivity index (χ4n) is 3.15. The number of carbonyl (C=O) groups is 2. The lowest BCUT2D eigenvalue weighted by molar-refractivity contribution is -0.124. The van der Waals surface area contributed by atoms with Gasteiger partial charge in [0.05, 0.1) is 23.2 Å². The summed E-state index contributed by atoms with van der Waals surface area (Å²) in [4.78, 5) is 25.5. The molecule has 0 fully saturated rings. The highest BCUT2D eigenvalue weighted by Crippen LogP contribution is 2.31. The minimum Gasteiger partial charge on any atom is -0.493 e. The van der Waals surface area contributed by atoms with Crippen molar-refractivity contribution in [2.24, 2.45) is 5.92 Å². The lowest BCUT2D eigenvalue weighted by Gasteiger charge is -2.29. The largest absolute Gasteiger partial charge is 0.493 e. The van der Waals surface area contributed by atoms with Crippen LogP contribution in [0.2, 0.25) is 5.02 Å². The first-order valence-corrected chi connectivity index (χ1v) is 9.42. The number of amides is 2. The predicted molar refractivity (Wildman–Crippen MR) is 105 cm³/mol. The molecule has 0 aliphatic carbocycles. The summed E-state index contributed by atoms with van der Waals surface area (Å²) in [6.45, 7) is 4.34. The summed E-state index contributed by atoms with van der Waals surface area (Å²) in [5, 5.41) is 6.24. The molecule has 2 N–H and O–H groups in total. The molecule has 1 unspecified atom stereocenters. The van der Waals surface area contributed by atoms with E-state index in [4.69, 9.17) is 16.3 Å². The molecule has 0 bridgehead atoms. The second-order valence-corrected chi connectivity index (χ2v) is 7.32. The van der Waals surface area contributed by atoms with Crippen LogP contribution in [-0.4, -0.2) is 24.5 Å². The number of fused-ring (bicyclic) bond motifs is 1. The third kappa shape index (κ3) is 4.42. The lowest BCUT2D eigenvalue weighted by atomic mass is 9.98. The van der Waals surface area contributed by atoms with Gasteiger partial charge in [0.15, 0.2) is 0 Å². The van der Waals surface area contributed by atoms with E-state index in [9.17, 15) is 9.59 Å². The van der Waals surface area contributed by atoms with E-state index in [0.717, 1.165) is 11.3 Å². The molecule has 1 aliphatic rings. The van der Waals surface area contributed by atoms with E-state index in [0.29, 0.717) is 23.6 Å². The zero-order valence-electron chi connectivity index (χ0n) is 15.4. The Hall–Kier alpha value is -2.53. The quantitative estimate of drug-likeness (QED) is 0.822. The molecule has 0 radical (unpaired) electrons. The summed E-state index contributed by atoms with van der Waals surface area (Å²) in [6.07, 6.45) is 0.687. The second-order valence-electron chi connectivity index (χ2n) is 6.91. The van der Waals surface area contributed by atoms with Crippen molar-refractivity contribution >= 4 is 23.4 Å². The van der Waals surface area contributed by atoms with Crippen LogP contribution >= 0.6 is 11.6 Å². The number of para-hydroxylation sites is 1. The van der Waals surface area contributed by atoms with E-state index in [1.165, 1.54) is 0 Å². The number of carbonyl (C=O) groups excluding carboxylic acids is 2. The van der Waals surface area contributed by atoms with E-state index in [1.54, 1.807) is 24.3 Å². The van der Waals surface area contributed by atoms with Gasteiger partial charge in [-0.15, -0.1) is 0 Å². The number of halogens is 1. The van der Waals surface area contributed by atoms with Crippen molar-refractivity contribution in [2.45, 2.75) is 32.4 Å². The molecule has 2 aromatic carbocycles. The van der Waals surface area contributed by atoms with Gasteiger partial charge in [0, 0.05) is 12.0 Å². The minimum atomic E-state index is -0.663. The molecule has 0 aromatic heterocycles. The van der Waals surface area contributed by atoms with Crippen LogP contribution in [-0.2, 0) is 4.79 Å². The van der Waals surface area contributed by atoms with Crippen molar-refractivity contribution in [3.63, 3.8) is 0 Å². The van der Waals surface area contributed by atoms with Crippen molar-refractivity contribution in [1.82, 2.24) is 10.6 Å². The average molecular weight is 387 g/mol. The van der Waals surface area contributed by atoms with Crippen LogP contribution < -0.4 is 15.4 Å². The molecule has 1 aliphatic heterocycles. The molecule has 0 saturated heterocycles. The first-order chi connectivity index (χ1) is 13.0. The van der Waals surface area contributed by atoms with Gasteiger partial charge in [-0.25, -0.2) is 0 Å². The van der Waals surface area contributed by atoms with Crippen molar-refractivity contribution in [1.29, 1.82) is 0 Å². The summed E-state index contributed by atoms with van der Waals surface area (Å²) in [5.74, 6) is 0.135. The van der Waals surface area contributed by atoms with Crippen molar-refractivity contribution in [2.75, 3.05) is 6.61 Å². The maximum absolute atomic E-state index is 12.9. The van der Waals surface area contributed by atoms with E-state index in [2.05, 4.69) is 10.6 Å². The molecule has 5 nitrogen and oxygen atoms in total. The summed E-state index contributed by atoms with van der Waals surface area (Å²) < 4.78 is 5.64. The highest BCUT2D eigenvalue weighted by Gasteiger charge is 2.29. The zero-order valence-corrected chi connectivity index (χ0v) is 16.1. The molecule has 2 amide bonds. The van der Waals surface area contributed by atoms with Gasteiger partial charge in [-0.1, -0.05) is 55.8 Å². The van der Waals surface area contributed by atoms with Crippen LogP contribution in [0.5, 0.6) is 5.75 Å². The van der Waals surface area contributed by atoms with Gasteiger partial charge in [-0.05, 0) is 24.1 Å². The molecule has 27 heavy (non-hydrogen) atoms. The molecule has 1 heterocycles. The van der Waals surface area contributed by atoms with E-state index >= 15 is 0 Å². The molecule has 2 aromatic rings. The first kappa shape index (κ1) is 19.2. The normalized spacial score (nSPS) is 16.8. The molecule has 3 rings (SSSR count). The number of benzene rings is 2. The van der Waals surface area contributed by atoms with Gasteiger partial charge in [-0.3, -0.25) is 9.59 Å². The Morgan fingerprint density at radius 3 is 2.56 bits per heavy atom. The molecule has 142 valence electrons. The monoisotopic (exact) mass is 386 g/mol. The molecule has 0 saturated carbocycles. The number of rotatable bonds is 5. The summed E-state index contributed by atoms with van der Waals surface area (Å²) >= 11 is 6.10. The Labute approximate surface area is 164 Å². The highest BCUT2D eigenvalue weighted by molar-refractivity contribution is 6.33. The Balaban J connectivity index is 1.73. The average Bonchev–Trinajstić information content (AvgIpc) is 2.66. The van der Waals surface area contributed by atoms with Gasteiger partial charge < -0.3 is 15.4 Å². The third-order valence-corrected chi connectivity index (χ3v) is 4.96. The zero-order chi connectivity index (χ0) is 19.4. The summed E-state index contributed by atoms with van der Waals surface area (Å²) in [5.41, 5.74) is 1.31. The van der Waals surface area contributed by atoms with Crippen LogP contribution in [0.4, 0.5) is 0 Å². The molecular formula is C21H23ClN2O3. The Morgan fingerprint density at radius 1 is 1.11 bits per heavy atom. The summed E-state index contributed by atoms with van der Waals surface area (Å²) in [6, 6.07) is 13.7. The topological polar surface area (TPSA) is 67.4 Å². The van der Waals surface area contributed by atoms with Crippen LogP contribution in [0, 0.1) is 5.92 Å². The van der Waals surface area contributed by atoms with Gasteiger partial charge in [-0.2, -0.15) is 0 Å². The first-order valence-electron chi connectivity index (χ1n) is 9.05. The fourth-order valence-corrected chi connectivity index (χ4v) is 3.37. The standard InChI is InChI=1S/C21H23ClN2O3/c1-13(2)19(24-20(25)14-7-3-5-9-16(14)22)21(26)23-17-11-12-27-18-10-6-4-8-15(17)18/h3-10,13,17,19H,11-12H2,1-2H3,(H,23,26)(H,24,25)/t17?,19-/m0/s1. The molecule has 6 heteroatoms. The highest BCUT2D eigenvalue weighted by atomic mass is 35.5. The van der Waals surface area contributed by atoms with E-state index in [1.807, 2.05) is 38.1 Å². The Kier molecular flexibility index (Phi) is 6.01.